The Labute approximate surface area is 182 Å². The fourth-order valence-electron chi connectivity index (χ4n) is 3.65. The number of halogens is 1. The summed E-state index contributed by atoms with van der Waals surface area (Å²) in [6, 6.07) is 19.4. The summed E-state index contributed by atoms with van der Waals surface area (Å²) in [7, 11) is 0. The van der Waals surface area contributed by atoms with Gasteiger partial charge >= 0.3 is 0 Å². The number of hydrogen-bond acceptors (Lipinski definition) is 5. The lowest BCUT2D eigenvalue weighted by Crippen LogP contribution is -2.13. The Kier molecular flexibility index (Phi) is 4.70. The highest BCUT2D eigenvalue weighted by molar-refractivity contribution is 6.06. The first-order valence-corrected chi connectivity index (χ1v) is 9.92. The minimum absolute atomic E-state index is 0.0356. The Morgan fingerprint density at radius 1 is 0.938 bits per heavy atom. The second-order valence-electron chi connectivity index (χ2n) is 7.29. The molecule has 2 aromatic heterocycles. The van der Waals surface area contributed by atoms with E-state index in [1.807, 2.05) is 47.9 Å². The third kappa shape index (κ3) is 3.39. The lowest BCUT2D eigenvalue weighted by Gasteiger charge is -2.10. The van der Waals surface area contributed by atoms with Gasteiger partial charge in [-0.2, -0.15) is 4.68 Å². The van der Waals surface area contributed by atoms with Crippen molar-refractivity contribution in [2.75, 3.05) is 5.32 Å². The van der Waals surface area contributed by atoms with Crippen molar-refractivity contribution in [3.63, 3.8) is 0 Å². The maximum absolute atomic E-state index is 14.4. The number of tetrazole rings is 1. The van der Waals surface area contributed by atoms with Crippen LogP contribution in [0.25, 0.3) is 22.4 Å². The van der Waals surface area contributed by atoms with Crippen molar-refractivity contribution >= 4 is 22.6 Å². The van der Waals surface area contributed by atoms with E-state index < -0.39 is 11.7 Å². The molecular formula is C23H18FN7O. The number of fused-ring (bicyclic) bond motifs is 1. The van der Waals surface area contributed by atoms with Gasteiger partial charge in [0.25, 0.3) is 5.91 Å². The van der Waals surface area contributed by atoms with E-state index in [-0.39, 0.29) is 5.69 Å². The van der Waals surface area contributed by atoms with Gasteiger partial charge in [0.05, 0.1) is 22.4 Å². The number of carbonyl (C=O) groups excluding carboxylic acids is 1. The monoisotopic (exact) mass is 427 g/mol. The Hall–Kier alpha value is -4.40. The van der Waals surface area contributed by atoms with Crippen LogP contribution in [0.1, 0.15) is 22.0 Å². The van der Waals surface area contributed by atoms with Crippen LogP contribution in [0, 0.1) is 19.7 Å². The summed E-state index contributed by atoms with van der Waals surface area (Å²) in [5.41, 5.74) is 3.50. The molecule has 32 heavy (non-hydrogen) atoms. The van der Waals surface area contributed by atoms with Crippen LogP contribution in [-0.2, 0) is 0 Å². The number of imidazole rings is 1. The van der Waals surface area contributed by atoms with Gasteiger partial charge in [0.2, 0.25) is 0 Å². The van der Waals surface area contributed by atoms with Gasteiger partial charge in [-0.25, -0.2) is 9.37 Å². The van der Waals surface area contributed by atoms with E-state index in [0.717, 1.165) is 17.0 Å². The molecule has 0 aliphatic rings. The van der Waals surface area contributed by atoms with Crippen LogP contribution in [0.2, 0.25) is 0 Å². The second kappa shape index (κ2) is 7.69. The lowest BCUT2D eigenvalue weighted by molar-refractivity contribution is 0.102. The Balaban J connectivity index is 1.47. The van der Waals surface area contributed by atoms with Crippen molar-refractivity contribution in [3.05, 3.63) is 89.8 Å². The Morgan fingerprint density at radius 2 is 1.75 bits per heavy atom. The summed E-state index contributed by atoms with van der Waals surface area (Å²) in [5, 5.41) is 13.9. The van der Waals surface area contributed by atoms with Crippen molar-refractivity contribution < 1.29 is 9.18 Å². The maximum Gasteiger partial charge on any atom is 0.255 e. The van der Waals surface area contributed by atoms with Gasteiger partial charge in [-0.05, 0) is 72.8 Å². The molecular weight excluding hydrogens is 409 g/mol. The van der Waals surface area contributed by atoms with E-state index in [4.69, 9.17) is 0 Å². The minimum atomic E-state index is -0.557. The fourth-order valence-corrected chi connectivity index (χ4v) is 3.65. The second-order valence-corrected chi connectivity index (χ2v) is 7.29. The van der Waals surface area contributed by atoms with Gasteiger partial charge < -0.3 is 5.32 Å². The van der Waals surface area contributed by atoms with Crippen molar-refractivity contribution in [1.29, 1.82) is 0 Å². The molecule has 8 nitrogen and oxygen atoms in total. The molecule has 1 amide bonds. The van der Waals surface area contributed by atoms with Crippen LogP contribution >= 0.6 is 0 Å². The standard InChI is InChI=1S/C23H18FN7O/c1-14-25-21-12-16(8-11-22(21)30(14)17-6-4-3-5-7-17)23(32)26-20-13-18(9-10-19(20)24)31-15(2)27-28-29-31/h3-13H,1-2H3,(H,26,32). The van der Waals surface area contributed by atoms with Crippen molar-refractivity contribution in [3.8, 4) is 11.4 Å². The third-order valence-corrected chi connectivity index (χ3v) is 5.17. The van der Waals surface area contributed by atoms with Crippen LogP contribution in [-0.4, -0.2) is 35.7 Å². The smallest absolute Gasteiger partial charge is 0.255 e. The molecule has 0 aliphatic heterocycles. The number of amides is 1. The average Bonchev–Trinajstić information content (AvgIpc) is 3.37. The number of rotatable bonds is 4. The predicted molar refractivity (Wildman–Crippen MR) is 118 cm³/mol. The number of para-hydroxylation sites is 1. The molecule has 5 rings (SSSR count). The van der Waals surface area contributed by atoms with Crippen LogP contribution in [0.15, 0.2) is 66.7 Å². The summed E-state index contributed by atoms with van der Waals surface area (Å²) in [5.74, 6) is 0.351. The molecule has 2 heterocycles. The largest absolute Gasteiger partial charge is 0.319 e. The molecule has 0 spiro atoms. The van der Waals surface area contributed by atoms with Gasteiger partial charge in [-0.15, -0.1) is 5.10 Å². The number of nitrogens with zero attached hydrogens (tertiary/aromatic N) is 6. The van der Waals surface area contributed by atoms with Gasteiger partial charge in [0, 0.05) is 11.3 Å². The van der Waals surface area contributed by atoms with E-state index >= 15 is 0 Å². The third-order valence-electron chi connectivity index (χ3n) is 5.17. The highest BCUT2D eigenvalue weighted by Crippen LogP contribution is 2.24. The summed E-state index contributed by atoms with van der Waals surface area (Å²) < 4.78 is 17.9. The number of anilines is 1. The molecule has 3 aromatic carbocycles. The molecule has 0 saturated heterocycles. The quantitative estimate of drug-likeness (QED) is 0.468. The van der Waals surface area contributed by atoms with E-state index in [2.05, 4.69) is 25.8 Å². The van der Waals surface area contributed by atoms with E-state index in [0.29, 0.717) is 22.6 Å². The predicted octanol–water partition coefficient (Wildman–Crippen LogP) is 4.01. The van der Waals surface area contributed by atoms with Gasteiger partial charge in [0.1, 0.15) is 11.6 Å². The van der Waals surface area contributed by atoms with Crippen LogP contribution in [0.4, 0.5) is 10.1 Å². The Morgan fingerprint density at radius 3 is 2.50 bits per heavy atom. The van der Waals surface area contributed by atoms with Crippen LogP contribution in [0.3, 0.4) is 0 Å². The number of nitrogens with one attached hydrogen (secondary N) is 1. The van der Waals surface area contributed by atoms with Crippen LogP contribution in [0.5, 0.6) is 0 Å². The number of aryl methyl sites for hydroxylation is 2. The first-order chi connectivity index (χ1) is 15.5. The SMILES string of the molecule is Cc1nnnn1-c1ccc(F)c(NC(=O)c2ccc3c(c2)nc(C)n3-c2ccccc2)c1. The molecule has 0 saturated carbocycles. The molecule has 0 bridgehead atoms. The summed E-state index contributed by atoms with van der Waals surface area (Å²) in [6.07, 6.45) is 0. The maximum atomic E-state index is 14.4. The number of carbonyl (C=O) groups is 1. The molecule has 9 heteroatoms. The zero-order chi connectivity index (χ0) is 22.2. The molecule has 0 aliphatic carbocycles. The van der Waals surface area contributed by atoms with Crippen molar-refractivity contribution in [1.82, 2.24) is 29.8 Å². The summed E-state index contributed by atoms with van der Waals surface area (Å²) in [4.78, 5) is 17.5. The summed E-state index contributed by atoms with van der Waals surface area (Å²) in [6.45, 7) is 3.64. The molecule has 0 radical (unpaired) electrons. The zero-order valence-electron chi connectivity index (χ0n) is 17.3. The van der Waals surface area contributed by atoms with E-state index in [1.165, 1.54) is 16.8 Å². The molecule has 158 valence electrons. The van der Waals surface area contributed by atoms with Crippen molar-refractivity contribution in [2.45, 2.75) is 13.8 Å². The minimum Gasteiger partial charge on any atom is -0.319 e. The first kappa shape index (κ1) is 19.6. The highest BCUT2D eigenvalue weighted by atomic mass is 19.1. The normalized spacial score (nSPS) is 11.1. The molecule has 0 atom stereocenters. The Bertz CT molecular complexity index is 1460. The van der Waals surface area contributed by atoms with Crippen molar-refractivity contribution in [2.24, 2.45) is 0 Å². The highest BCUT2D eigenvalue weighted by Gasteiger charge is 2.15. The summed E-state index contributed by atoms with van der Waals surface area (Å²) >= 11 is 0. The molecule has 1 N–H and O–H groups in total. The lowest BCUT2D eigenvalue weighted by atomic mass is 10.1. The zero-order valence-corrected chi connectivity index (χ0v) is 17.3. The first-order valence-electron chi connectivity index (χ1n) is 9.92. The topological polar surface area (TPSA) is 90.5 Å². The average molecular weight is 427 g/mol. The van der Waals surface area contributed by atoms with Gasteiger partial charge in [-0.1, -0.05) is 18.2 Å². The number of aromatic nitrogens is 6. The van der Waals surface area contributed by atoms with Crippen LogP contribution < -0.4 is 5.32 Å². The molecule has 0 unspecified atom stereocenters. The number of benzene rings is 3. The number of hydrogen-bond donors (Lipinski definition) is 1. The molecule has 0 fully saturated rings. The van der Waals surface area contributed by atoms with E-state index in [1.54, 1.807) is 25.1 Å². The van der Waals surface area contributed by atoms with Gasteiger partial charge in [0.15, 0.2) is 5.82 Å². The fraction of sp³-hybridized carbons (Fsp3) is 0.0870. The van der Waals surface area contributed by atoms with E-state index in [9.17, 15) is 9.18 Å². The molecule has 5 aromatic rings. The van der Waals surface area contributed by atoms with Gasteiger partial charge in [-0.3, -0.25) is 9.36 Å².